The molecule has 1 aliphatic heterocycles. The number of carbonyl (C=O) groups excluding carboxylic acids is 3. The quantitative estimate of drug-likeness (QED) is 0.453. The summed E-state index contributed by atoms with van der Waals surface area (Å²) < 4.78 is 7.73. The average molecular weight is 513 g/mol. The molecule has 0 bridgehead atoms. The Bertz CT molecular complexity index is 1280. The van der Waals surface area contributed by atoms with E-state index in [9.17, 15) is 14.4 Å². The molecule has 1 aliphatic rings. The minimum atomic E-state index is -0.373. The van der Waals surface area contributed by atoms with Crippen molar-refractivity contribution in [2.24, 2.45) is 12.0 Å². The first-order valence-corrected chi connectivity index (χ1v) is 13.4. The molecule has 0 N–H and O–H groups in total. The van der Waals surface area contributed by atoms with Crippen molar-refractivity contribution in [1.82, 2.24) is 9.47 Å². The molecule has 0 aliphatic carbocycles. The summed E-state index contributed by atoms with van der Waals surface area (Å²) >= 11 is 2.63. The Morgan fingerprint density at radius 3 is 2.49 bits per heavy atom. The number of piperazine rings is 1. The highest BCUT2D eigenvalue weighted by Gasteiger charge is 2.21. The van der Waals surface area contributed by atoms with Gasteiger partial charge in [0, 0.05) is 38.9 Å². The predicted molar refractivity (Wildman–Crippen MR) is 140 cm³/mol. The number of ether oxygens (including phenoxy) is 1. The normalized spacial score (nSPS) is 14.4. The van der Waals surface area contributed by atoms with Gasteiger partial charge in [0.2, 0.25) is 5.91 Å². The molecule has 2 aromatic carbocycles. The minimum absolute atomic E-state index is 0.0504. The first kappa shape index (κ1) is 25.0. The largest absolute Gasteiger partial charge is 0.462 e. The second kappa shape index (κ2) is 11.5. The van der Waals surface area contributed by atoms with Gasteiger partial charge < -0.3 is 19.1 Å². The molecule has 0 spiro atoms. The Labute approximate surface area is 212 Å². The Morgan fingerprint density at radius 1 is 1.03 bits per heavy atom. The van der Waals surface area contributed by atoms with Gasteiger partial charge >= 0.3 is 5.97 Å². The van der Waals surface area contributed by atoms with E-state index < -0.39 is 0 Å². The number of aryl methyl sites for hydroxylation is 1. The number of para-hydroxylation sites is 1. The van der Waals surface area contributed by atoms with E-state index in [-0.39, 0.29) is 29.3 Å². The number of hydrogen-bond acceptors (Lipinski definition) is 7. The van der Waals surface area contributed by atoms with Gasteiger partial charge in [0.25, 0.3) is 5.91 Å². The van der Waals surface area contributed by atoms with Crippen LogP contribution in [0.3, 0.4) is 0 Å². The fraction of sp³-hybridized carbons (Fsp3) is 0.360. The van der Waals surface area contributed by atoms with Crippen molar-refractivity contribution < 1.29 is 19.1 Å². The zero-order valence-electron chi connectivity index (χ0n) is 19.8. The number of amides is 2. The number of benzene rings is 2. The number of nitrogens with zero attached hydrogens (tertiary/aromatic N) is 4. The third kappa shape index (κ3) is 6.12. The van der Waals surface area contributed by atoms with Crippen molar-refractivity contribution in [2.45, 2.75) is 6.92 Å². The van der Waals surface area contributed by atoms with Crippen LogP contribution in [0.15, 0.2) is 53.5 Å². The Hall–Kier alpha value is -3.11. The summed E-state index contributed by atoms with van der Waals surface area (Å²) in [4.78, 5) is 46.0. The first-order valence-electron chi connectivity index (χ1n) is 11.5. The maximum atomic E-state index is 12.6. The lowest BCUT2D eigenvalue weighted by atomic mass is 10.2. The highest BCUT2D eigenvalue weighted by atomic mass is 32.2. The molecular formula is C25H28N4O4S2. The molecule has 0 saturated carbocycles. The van der Waals surface area contributed by atoms with Gasteiger partial charge in [-0.05, 0) is 37.3 Å². The van der Waals surface area contributed by atoms with Crippen LogP contribution >= 0.6 is 23.1 Å². The molecular weight excluding hydrogens is 484 g/mol. The molecule has 35 heavy (non-hydrogen) atoms. The lowest BCUT2D eigenvalue weighted by Crippen LogP contribution is -2.49. The zero-order valence-corrected chi connectivity index (χ0v) is 21.4. The SMILES string of the molecule is CCOC(=O)c1ccc2c(c1)sc(=NC(=O)CSCC(=O)N1CCN(c3ccccc3)CC1)n2C. The van der Waals surface area contributed by atoms with Crippen LogP contribution in [0.25, 0.3) is 10.2 Å². The lowest BCUT2D eigenvalue weighted by molar-refractivity contribution is -0.128. The molecule has 1 saturated heterocycles. The van der Waals surface area contributed by atoms with Crippen LogP contribution in [0.4, 0.5) is 5.69 Å². The summed E-state index contributed by atoms with van der Waals surface area (Å²) in [5.74, 6) is -0.215. The smallest absolute Gasteiger partial charge is 0.338 e. The second-order valence-electron chi connectivity index (χ2n) is 8.05. The van der Waals surface area contributed by atoms with E-state index in [0.717, 1.165) is 23.3 Å². The minimum Gasteiger partial charge on any atom is -0.462 e. The van der Waals surface area contributed by atoms with Crippen LogP contribution in [-0.2, 0) is 21.4 Å². The van der Waals surface area contributed by atoms with Gasteiger partial charge in [-0.25, -0.2) is 4.79 Å². The molecule has 184 valence electrons. The number of esters is 1. The number of hydrogen-bond donors (Lipinski definition) is 0. The summed E-state index contributed by atoms with van der Waals surface area (Å²) in [5, 5.41) is 0. The van der Waals surface area contributed by atoms with Crippen molar-refractivity contribution >= 4 is 56.8 Å². The molecule has 3 aromatic rings. The maximum Gasteiger partial charge on any atom is 0.338 e. The van der Waals surface area contributed by atoms with E-state index >= 15 is 0 Å². The number of rotatable bonds is 7. The van der Waals surface area contributed by atoms with Crippen LogP contribution < -0.4 is 9.70 Å². The number of thiazole rings is 1. The monoisotopic (exact) mass is 512 g/mol. The fourth-order valence-electron chi connectivity index (χ4n) is 3.89. The number of anilines is 1. The molecule has 2 heterocycles. The van der Waals surface area contributed by atoms with Crippen molar-refractivity contribution in [2.75, 3.05) is 49.2 Å². The van der Waals surface area contributed by atoms with Crippen molar-refractivity contribution in [3.8, 4) is 0 Å². The van der Waals surface area contributed by atoms with Crippen LogP contribution in [0.2, 0.25) is 0 Å². The highest BCUT2D eigenvalue weighted by molar-refractivity contribution is 8.00. The second-order valence-corrected chi connectivity index (χ2v) is 10.0. The standard InChI is InChI=1S/C25H28N4O4S2/c1-3-33-24(32)18-9-10-20-21(15-18)35-25(27(20)2)26-22(30)16-34-17-23(31)29-13-11-28(12-14-29)19-7-5-4-6-8-19/h4-10,15H,3,11-14,16-17H2,1-2H3. The number of carbonyl (C=O) groups is 3. The van der Waals surface area contributed by atoms with E-state index in [2.05, 4.69) is 22.0 Å². The van der Waals surface area contributed by atoms with E-state index in [1.165, 1.54) is 28.8 Å². The fourth-order valence-corrected chi connectivity index (χ4v) is 5.66. The lowest BCUT2D eigenvalue weighted by Gasteiger charge is -2.36. The Kier molecular flexibility index (Phi) is 8.25. The Balaban J connectivity index is 1.29. The molecule has 10 heteroatoms. The Morgan fingerprint density at radius 2 is 1.77 bits per heavy atom. The predicted octanol–water partition coefficient (Wildman–Crippen LogP) is 2.93. The van der Waals surface area contributed by atoms with Crippen molar-refractivity contribution in [3.05, 3.63) is 58.9 Å². The molecule has 1 fully saturated rings. The van der Waals surface area contributed by atoms with E-state index in [0.29, 0.717) is 30.1 Å². The topological polar surface area (TPSA) is 84.2 Å². The molecule has 4 rings (SSSR count). The van der Waals surface area contributed by atoms with Gasteiger partial charge in [-0.2, -0.15) is 4.99 Å². The van der Waals surface area contributed by atoms with Gasteiger partial charge in [0.15, 0.2) is 4.80 Å². The highest BCUT2D eigenvalue weighted by Crippen LogP contribution is 2.19. The van der Waals surface area contributed by atoms with Crippen LogP contribution in [0.5, 0.6) is 0 Å². The first-order chi connectivity index (χ1) is 17.0. The molecule has 1 aromatic heterocycles. The third-order valence-corrected chi connectivity index (χ3v) is 7.74. The van der Waals surface area contributed by atoms with E-state index in [4.69, 9.17) is 4.74 Å². The molecule has 0 unspecified atom stereocenters. The van der Waals surface area contributed by atoms with Gasteiger partial charge in [-0.3, -0.25) is 9.59 Å². The van der Waals surface area contributed by atoms with E-state index in [1.807, 2.05) is 40.8 Å². The zero-order chi connectivity index (χ0) is 24.8. The average Bonchev–Trinajstić information content (AvgIpc) is 3.19. The van der Waals surface area contributed by atoms with Crippen LogP contribution in [0.1, 0.15) is 17.3 Å². The third-order valence-electron chi connectivity index (χ3n) is 5.75. The summed E-state index contributed by atoms with van der Waals surface area (Å²) in [6.07, 6.45) is 0. The van der Waals surface area contributed by atoms with Gasteiger partial charge in [-0.1, -0.05) is 29.5 Å². The molecule has 2 amide bonds. The van der Waals surface area contributed by atoms with Crippen LogP contribution in [-0.4, -0.2) is 71.5 Å². The maximum absolute atomic E-state index is 12.6. The molecule has 8 nitrogen and oxygen atoms in total. The molecule has 0 atom stereocenters. The van der Waals surface area contributed by atoms with E-state index in [1.54, 1.807) is 19.1 Å². The van der Waals surface area contributed by atoms with Crippen molar-refractivity contribution in [1.29, 1.82) is 0 Å². The summed E-state index contributed by atoms with van der Waals surface area (Å²) in [6.45, 7) is 5.04. The number of aromatic nitrogens is 1. The molecule has 0 radical (unpaired) electrons. The van der Waals surface area contributed by atoms with Gasteiger partial charge in [0.1, 0.15) is 0 Å². The number of thioether (sulfide) groups is 1. The summed E-state index contributed by atoms with van der Waals surface area (Å²) in [5.41, 5.74) is 2.53. The summed E-state index contributed by atoms with van der Waals surface area (Å²) in [7, 11) is 1.83. The van der Waals surface area contributed by atoms with Crippen LogP contribution in [0, 0.1) is 0 Å². The van der Waals surface area contributed by atoms with Crippen molar-refractivity contribution in [3.63, 3.8) is 0 Å². The number of fused-ring (bicyclic) bond motifs is 1. The van der Waals surface area contributed by atoms with Gasteiger partial charge in [0.05, 0.1) is 33.9 Å². The van der Waals surface area contributed by atoms with Gasteiger partial charge in [-0.15, -0.1) is 11.8 Å². The summed E-state index contributed by atoms with van der Waals surface area (Å²) in [6, 6.07) is 15.5.